The third-order valence-corrected chi connectivity index (χ3v) is 3.36. The Kier molecular flexibility index (Phi) is 3.31. The van der Waals surface area contributed by atoms with Crippen LogP contribution >= 0.6 is 22.6 Å². The zero-order valence-electron chi connectivity index (χ0n) is 8.46. The van der Waals surface area contributed by atoms with Crippen LogP contribution in [0.25, 0.3) is 0 Å². The maximum Gasteiger partial charge on any atom is 0.0342 e. The SMILES string of the molecule is CC(CC1CC1)Nc1ccc(I)cc1. The first-order valence-corrected chi connectivity index (χ1v) is 6.34. The fourth-order valence-corrected chi connectivity index (χ4v) is 2.10. The van der Waals surface area contributed by atoms with Crippen LogP contribution in [0, 0.1) is 9.49 Å². The lowest BCUT2D eigenvalue weighted by Crippen LogP contribution is -2.15. The second-order valence-corrected chi connectivity index (χ2v) is 5.48. The quantitative estimate of drug-likeness (QED) is 0.832. The van der Waals surface area contributed by atoms with Crippen molar-refractivity contribution in [2.45, 2.75) is 32.2 Å². The summed E-state index contributed by atoms with van der Waals surface area (Å²) in [5, 5.41) is 3.54. The third-order valence-electron chi connectivity index (χ3n) is 2.64. The molecule has 14 heavy (non-hydrogen) atoms. The molecule has 1 aromatic carbocycles. The molecule has 1 nitrogen and oxygen atoms in total. The first kappa shape index (κ1) is 10.3. The van der Waals surface area contributed by atoms with Crippen molar-refractivity contribution in [3.8, 4) is 0 Å². The molecular weight excluding hydrogens is 285 g/mol. The Morgan fingerprint density at radius 1 is 1.36 bits per heavy atom. The Labute approximate surface area is 99.4 Å². The molecule has 1 saturated carbocycles. The average molecular weight is 301 g/mol. The minimum Gasteiger partial charge on any atom is -0.383 e. The highest BCUT2D eigenvalue weighted by atomic mass is 127. The van der Waals surface area contributed by atoms with Gasteiger partial charge in [0, 0.05) is 15.3 Å². The van der Waals surface area contributed by atoms with Gasteiger partial charge in [-0.2, -0.15) is 0 Å². The van der Waals surface area contributed by atoms with Gasteiger partial charge in [0.05, 0.1) is 0 Å². The summed E-state index contributed by atoms with van der Waals surface area (Å²) < 4.78 is 1.29. The van der Waals surface area contributed by atoms with E-state index in [1.807, 2.05) is 0 Å². The van der Waals surface area contributed by atoms with Gasteiger partial charge < -0.3 is 5.32 Å². The van der Waals surface area contributed by atoms with E-state index < -0.39 is 0 Å². The van der Waals surface area contributed by atoms with Crippen molar-refractivity contribution in [2.24, 2.45) is 5.92 Å². The van der Waals surface area contributed by atoms with E-state index in [-0.39, 0.29) is 0 Å². The summed E-state index contributed by atoms with van der Waals surface area (Å²) >= 11 is 2.33. The van der Waals surface area contributed by atoms with Gasteiger partial charge in [-0.3, -0.25) is 0 Å². The zero-order valence-corrected chi connectivity index (χ0v) is 10.6. The molecule has 0 saturated heterocycles. The van der Waals surface area contributed by atoms with Gasteiger partial charge in [-0.25, -0.2) is 0 Å². The van der Waals surface area contributed by atoms with E-state index >= 15 is 0 Å². The number of nitrogens with one attached hydrogen (secondary N) is 1. The van der Waals surface area contributed by atoms with Crippen LogP contribution in [-0.4, -0.2) is 6.04 Å². The highest BCUT2D eigenvalue weighted by molar-refractivity contribution is 14.1. The molecule has 2 rings (SSSR count). The second-order valence-electron chi connectivity index (χ2n) is 4.23. The molecule has 1 aliphatic rings. The molecule has 1 unspecified atom stereocenters. The molecule has 0 radical (unpaired) electrons. The molecule has 0 aromatic heterocycles. The van der Waals surface area contributed by atoms with Crippen LogP contribution in [0.3, 0.4) is 0 Å². The van der Waals surface area contributed by atoms with Crippen LogP contribution in [0.5, 0.6) is 0 Å². The van der Waals surface area contributed by atoms with Crippen LogP contribution in [0.15, 0.2) is 24.3 Å². The molecule has 76 valence electrons. The molecule has 0 spiro atoms. The van der Waals surface area contributed by atoms with Gasteiger partial charge in [0.25, 0.3) is 0 Å². The summed E-state index contributed by atoms with van der Waals surface area (Å²) in [6.45, 7) is 2.27. The summed E-state index contributed by atoms with van der Waals surface area (Å²) in [6, 6.07) is 9.22. The van der Waals surface area contributed by atoms with Crippen LogP contribution in [0.2, 0.25) is 0 Å². The zero-order chi connectivity index (χ0) is 9.97. The Balaban J connectivity index is 1.85. The van der Waals surface area contributed by atoms with E-state index in [0.717, 1.165) is 5.92 Å². The smallest absolute Gasteiger partial charge is 0.0342 e. The van der Waals surface area contributed by atoms with Crippen LogP contribution in [0.1, 0.15) is 26.2 Å². The van der Waals surface area contributed by atoms with Gasteiger partial charge in [-0.05, 0) is 66.1 Å². The molecule has 1 aromatic rings. The summed E-state index contributed by atoms with van der Waals surface area (Å²) in [5.41, 5.74) is 1.25. The van der Waals surface area contributed by atoms with Crippen molar-refractivity contribution < 1.29 is 0 Å². The minimum atomic E-state index is 0.613. The van der Waals surface area contributed by atoms with E-state index in [2.05, 4.69) is 59.1 Å². The lowest BCUT2D eigenvalue weighted by Gasteiger charge is -2.14. The van der Waals surface area contributed by atoms with Crippen molar-refractivity contribution in [3.05, 3.63) is 27.8 Å². The van der Waals surface area contributed by atoms with E-state index in [9.17, 15) is 0 Å². The van der Waals surface area contributed by atoms with E-state index in [4.69, 9.17) is 0 Å². The highest BCUT2D eigenvalue weighted by Gasteiger charge is 2.23. The van der Waals surface area contributed by atoms with Gasteiger partial charge in [0.1, 0.15) is 0 Å². The first-order valence-electron chi connectivity index (χ1n) is 5.26. The standard InChI is InChI=1S/C12H16IN/c1-9(8-10-2-3-10)14-12-6-4-11(13)5-7-12/h4-7,9-10,14H,2-3,8H2,1H3. The largest absolute Gasteiger partial charge is 0.383 e. The second kappa shape index (κ2) is 4.51. The first-order chi connectivity index (χ1) is 6.74. The molecule has 0 aliphatic heterocycles. The molecule has 0 heterocycles. The monoisotopic (exact) mass is 301 g/mol. The Bertz CT molecular complexity index is 290. The average Bonchev–Trinajstić information content (AvgIpc) is 2.93. The molecule has 1 aliphatic carbocycles. The van der Waals surface area contributed by atoms with Crippen molar-refractivity contribution in [1.29, 1.82) is 0 Å². The number of rotatable bonds is 4. The highest BCUT2D eigenvalue weighted by Crippen LogP contribution is 2.34. The van der Waals surface area contributed by atoms with Crippen molar-refractivity contribution in [2.75, 3.05) is 5.32 Å². The predicted octanol–water partition coefficient (Wildman–Crippen LogP) is 3.89. The topological polar surface area (TPSA) is 12.0 Å². The van der Waals surface area contributed by atoms with Gasteiger partial charge in [0.2, 0.25) is 0 Å². The van der Waals surface area contributed by atoms with Gasteiger partial charge in [-0.15, -0.1) is 0 Å². The van der Waals surface area contributed by atoms with Crippen LogP contribution in [0.4, 0.5) is 5.69 Å². The number of benzene rings is 1. The molecule has 2 heteroatoms. The fourth-order valence-electron chi connectivity index (χ4n) is 1.74. The summed E-state index contributed by atoms with van der Waals surface area (Å²) in [6.07, 6.45) is 4.21. The van der Waals surface area contributed by atoms with Gasteiger partial charge >= 0.3 is 0 Å². The van der Waals surface area contributed by atoms with E-state index in [1.165, 1.54) is 28.5 Å². The number of hydrogen-bond donors (Lipinski definition) is 1. The molecule has 1 atom stereocenters. The maximum atomic E-state index is 3.54. The number of hydrogen-bond acceptors (Lipinski definition) is 1. The van der Waals surface area contributed by atoms with Crippen molar-refractivity contribution in [1.82, 2.24) is 0 Å². The lowest BCUT2D eigenvalue weighted by atomic mass is 10.1. The van der Waals surface area contributed by atoms with Gasteiger partial charge in [0.15, 0.2) is 0 Å². The summed E-state index contributed by atoms with van der Waals surface area (Å²) in [4.78, 5) is 0. The maximum absolute atomic E-state index is 3.54. The predicted molar refractivity (Wildman–Crippen MR) is 69.6 cm³/mol. The lowest BCUT2D eigenvalue weighted by molar-refractivity contribution is 0.642. The molecule has 1 fully saturated rings. The Hall–Kier alpha value is -0.250. The molecule has 1 N–H and O–H groups in total. The van der Waals surface area contributed by atoms with Crippen LogP contribution in [-0.2, 0) is 0 Å². The Morgan fingerprint density at radius 2 is 2.00 bits per heavy atom. The number of halogens is 1. The number of anilines is 1. The molecule has 0 amide bonds. The Morgan fingerprint density at radius 3 is 2.57 bits per heavy atom. The van der Waals surface area contributed by atoms with Gasteiger partial charge in [-0.1, -0.05) is 12.8 Å². The normalized spacial score (nSPS) is 17.9. The van der Waals surface area contributed by atoms with Crippen molar-refractivity contribution >= 4 is 28.3 Å². The van der Waals surface area contributed by atoms with E-state index in [0.29, 0.717) is 6.04 Å². The van der Waals surface area contributed by atoms with Crippen LogP contribution < -0.4 is 5.32 Å². The summed E-state index contributed by atoms with van der Waals surface area (Å²) in [7, 11) is 0. The minimum absolute atomic E-state index is 0.613. The van der Waals surface area contributed by atoms with E-state index in [1.54, 1.807) is 0 Å². The fraction of sp³-hybridized carbons (Fsp3) is 0.500. The molecule has 0 bridgehead atoms. The van der Waals surface area contributed by atoms with Crippen molar-refractivity contribution in [3.63, 3.8) is 0 Å². The summed E-state index contributed by atoms with van der Waals surface area (Å²) in [5.74, 6) is 1.00. The third kappa shape index (κ3) is 3.15. The molecular formula is C12H16IN.